The predicted molar refractivity (Wildman–Crippen MR) is 106 cm³/mol. The molecule has 8 heteroatoms. The summed E-state index contributed by atoms with van der Waals surface area (Å²) in [6.07, 6.45) is 1.32. The van der Waals surface area contributed by atoms with E-state index in [0.717, 1.165) is 0 Å². The number of halogens is 2. The highest BCUT2D eigenvalue weighted by Gasteiger charge is 2.20. The Morgan fingerprint density at radius 3 is 2.59 bits per heavy atom. The molecule has 0 saturated carbocycles. The molecular formula is C21H14F2N6. The third-order valence-electron chi connectivity index (χ3n) is 4.46. The van der Waals surface area contributed by atoms with Crippen LogP contribution >= 0.6 is 0 Å². The van der Waals surface area contributed by atoms with Crippen molar-refractivity contribution in [2.75, 3.05) is 17.7 Å². The van der Waals surface area contributed by atoms with Crippen molar-refractivity contribution in [3.05, 3.63) is 71.9 Å². The van der Waals surface area contributed by atoms with E-state index in [-0.39, 0.29) is 17.3 Å². The van der Waals surface area contributed by atoms with Crippen molar-refractivity contribution in [3.8, 4) is 17.2 Å². The highest BCUT2D eigenvalue weighted by Crippen LogP contribution is 2.36. The zero-order valence-electron chi connectivity index (χ0n) is 15.3. The van der Waals surface area contributed by atoms with Gasteiger partial charge >= 0.3 is 0 Å². The van der Waals surface area contributed by atoms with Gasteiger partial charge in [-0.3, -0.25) is 0 Å². The minimum atomic E-state index is -0.439. The van der Waals surface area contributed by atoms with Gasteiger partial charge in [0.1, 0.15) is 29.1 Å². The predicted octanol–water partition coefficient (Wildman–Crippen LogP) is 4.19. The van der Waals surface area contributed by atoms with E-state index in [1.54, 1.807) is 42.3 Å². The van der Waals surface area contributed by atoms with Gasteiger partial charge in [0.15, 0.2) is 5.82 Å². The number of fused-ring (bicyclic) bond motifs is 1. The third kappa shape index (κ3) is 3.30. The Kier molecular flexibility index (Phi) is 4.49. The van der Waals surface area contributed by atoms with Gasteiger partial charge in [-0.05, 0) is 35.9 Å². The van der Waals surface area contributed by atoms with Crippen molar-refractivity contribution in [1.82, 2.24) is 15.0 Å². The quantitative estimate of drug-likeness (QED) is 0.566. The third-order valence-corrected chi connectivity index (χ3v) is 4.46. The van der Waals surface area contributed by atoms with Crippen LogP contribution in [0.4, 0.5) is 26.4 Å². The lowest BCUT2D eigenvalue weighted by atomic mass is 10.0. The fourth-order valence-electron chi connectivity index (χ4n) is 3.09. The van der Waals surface area contributed by atoms with Crippen molar-refractivity contribution < 1.29 is 8.78 Å². The van der Waals surface area contributed by atoms with Crippen molar-refractivity contribution in [1.29, 1.82) is 5.26 Å². The summed E-state index contributed by atoms with van der Waals surface area (Å²) in [5.41, 5.74) is 7.28. The van der Waals surface area contributed by atoms with Gasteiger partial charge in [0, 0.05) is 18.0 Å². The van der Waals surface area contributed by atoms with Crippen LogP contribution in [0.3, 0.4) is 0 Å². The largest absolute Gasteiger partial charge is 0.368 e. The Balaban J connectivity index is 2.02. The first kappa shape index (κ1) is 18.3. The summed E-state index contributed by atoms with van der Waals surface area (Å²) < 4.78 is 28.3. The van der Waals surface area contributed by atoms with Crippen LogP contribution in [0.2, 0.25) is 0 Å². The molecule has 0 atom stereocenters. The summed E-state index contributed by atoms with van der Waals surface area (Å²) in [6.45, 7) is 0. The Morgan fingerprint density at radius 2 is 1.83 bits per heavy atom. The monoisotopic (exact) mass is 388 g/mol. The second-order valence-corrected chi connectivity index (χ2v) is 6.31. The van der Waals surface area contributed by atoms with Crippen LogP contribution in [0.15, 0.2) is 54.7 Å². The summed E-state index contributed by atoms with van der Waals surface area (Å²) in [5.74, 6) is -0.284. The van der Waals surface area contributed by atoms with E-state index < -0.39 is 11.6 Å². The lowest BCUT2D eigenvalue weighted by Crippen LogP contribution is -2.17. The van der Waals surface area contributed by atoms with Crippen molar-refractivity contribution in [3.63, 3.8) is 0 Å². The van der Waals surface area contributed by atoms with Crippen LogP contribution in [-0.4, -0.2) is 22.0 Å². The van der Waals surface area contributed by atoms with Crippen LogP contribution in [0.5, 0.6) is 0 Å². The molecule has 0 saturated heterocycles. The lowest BCUT2D eigenvalue weighted by Gasteiger charge is -2.22. The Labute approximate surface area is 164 Å². The van der Waals surface area contributed by atoms with Gasteiger partial charge in [0.25, 0.3) is 0 Å². The Morgan fingerprint density at radius 1 is 1.03 bits per heavy atom. The first-order chi connectivity index (χ1) is 14.0. The van der Waals surface area contributed by atoms with E-state index in [4.69, 9.17) is 5.73 Å². The second kappa shape index (κ2) is 7.13. The number of nitrogens with zero attached hydrogens (tertiary/aromatic N) is 5. The van der Waals surface area contributed by atoms with E-state index in [1.165, 1.54) is 24.4 Å². The maximum atomic E-state index is 14.4. The van der Waals surface area contributed by atoms with Crippen LogP contribution in [-0.2, 0) is 0 Å². The number of nitrogens with two attached hydrogens (primary N) is 1. The molecule has 0 spiro atoms. The van der Waals surface area contributed by atoms with Gasteiger partial charge in [-0.25, -0.2) is 18.7 Å². The zero-order valence-corrected chi connectivity index (χ0v) is 15.3. The SMILES string of the molecule is CN(c1nc(N)ncc1C#N)c1nc2cccc(F)c2cc1-c1cccc(F)c1. The summed E-state index contributed by atoms with van der Waals surface area (Å²) in [5, 5.41) is 9.72. The van der Waals surface area contributed by atoms with Gasteiger partial charge in [-0.1, -0.05) is 18.2 Å². The molecule has 0 amide bonds. The molecule has 142 valence electrons. The first-order valence-electron chi connectivity index (χ1n) is 8.59. The minimum absolute atomic E-state index is 0.00927. The van der Waals surface area contributed by atoms with E-state index in [2.05, 4.69) is 15.0 Å². The van der Waals surface area contributed by atoms with E-state index in [1.807, 2.05) is 6.07 Å². The van der Waals surface area contributed by atoms with E-state index >= 15 is 0 Å². The van der Waals surface area contributed by atoms with Gasteiger partial charge in [-0.2, -0.15) is 10.2 Å². The van der Waals surface area contributed by atoms with Crippen LogP contribution in [0, 0.1) is 23.0 Å². The molecule has 0 radical (unpaired) electrons. The highest BCUT2D eigenvalue weighted by atomic mass is 19.1. The average Bonchev–Trinajstić information content (AvgIpc) is 2.72. The van der Waals surface area contributed by atoms with Crippen LogP contribution < -0.4 is 10.6 Å². The molecule has 0 aliphatic heterocycles. The normalized spacial score (nSPS) is 10.7. The number of hydrogen-bond acceptors (Lipinski definition) is 6. The summed E-state index contributed by atoms with van der Waals surface area (Å²) >= 11 is 0. The van der Waals surface area contributed by atoms with E-state index in [9.17, 15) is 14.0 Å². The van der Waals surface area contributed by atoms with Crippen molar-refractivity contribution in [2.24, 2.45) is 0 Å². The molecule has 2 N–H and O–H groups in total. The number of anilines is 3. The van der Waals surface area contributed by atoms with Gasteiger partial charge in [-0.15, -0.1) is 0 Å². The van der Waals surface area contributed by atoms with E-state index in [0.29, 0.717) is 27.8 Å². The van der Waals surface area contributed by atoms with Crippen molar-refractivity contribution in [2.45, 2.75) is 0 Å². The number of hydrogen-bond donors (Lipinski definition) is 1. The first-order valence-corrected chi connectivity index (χ1v) is 8.59. The summed E-state index contributed by atoms with van der Waals surface area (Å²) in [6, 6.07) is 14.1. The van der Waals surface area contributed by atoms with Gasteiger partial charge < -0.3 is 10.6 Å². The molecule has 2 heterocycles. The molecule has 0 bridgehead atoms. The van der Waals surface area contributed by atoms with Crippen molar-refractivity contribution >= 4 is 28.5 Å². The van der Waals surface area contributed by atoms with Crippen LogP contribution in [0.1, 0.15) is 5.56 Å². The topological polar surface area (TPSA) is 91.7 Å². The highest BCUT2D eigenvalue weighted by molar-refractivity contribution is 5.91. The molecule has 0 unspecified atom stereocenters. The number of aromatic nitrogens is 3. The number of pyridine rings is 1. The van der Waals surface area contributed by atoms with Crippen LogP contribution in [0.25, 0.3) is 22.0 Å². The Bertz CT molecular complexity index is 1280. The maximum Gasteiger partial charge on any atom is 0.222 e. The number of benzene rings is 2. The number of rotatable bonds is 3. The zero-order chi connectivity index (χ0) is 20.5. The molecule has 6 nitrogen and oxygen atoms in total. The average molecular weight is 388 g/mol. The molecule has 4 rings (SSSR count). The summed E-state index contributed by atoms with van der Waals surface area (Å²) in [4.78, 5) is 14.1. The standard InChI is InChI=1S/C21H14F2N6/c1-29(19-13(10-24)11-26-21(25)28-19)20-15(12-4-2-5-14(22)8-12)9-16-17(23)6-3-7-18(16)27-20/h2-9,11H,1H3,(H2,25,26,28). The fraction of sp³-hybridized carbons (Fsp3) is 0.0476. The molecule has 0 aliphatic rings. The molecule has 29 heavy (non-hydrogen) atoms. The molecule has 4 aromatic rings. The smallest absolute Gasteiger partial charge is 0.222 e. The van der Waals surface area contributed by atoms with Gasteiger partial charge in [0.05, 0.1) is 11.7 Å². The molecule has 0 fully saturated rings. The lowest BCUT2D eigenvalue weighted by molar-refractivity contribution is 0.628. The number of nitriles is 1. The minimum Gasteiger partial charge on any atom is -0.368 e. The Hall–Kier alpha value is -4.12. The molecule has 0 aliphatic carbocycles. The second-order valence-electron chi connectivity index (χ2n) is 6.31. The molecular weight excluding hydrogens is 374 g/mol. The molecule has 2 aromatic heterocycles. The maximum absolute atomic E-state index is 14.4. The fourth-order valence-corrected chi connectivity index (χ4v) is 3.09. The number of nitrogen functional groups attached to an aromatic ring is 1. The van der Waals surface area contributed by atoms with Gasteiger partial charge in [0.2, 0.25) is 5.95 Å². The molecule has 2 aromatic carbocycles. The summed E-state index contributed by atoms with van der Waals surface area (Å²) in [7, 11) is 1.65.